The Morgan fingerprint density at radius 1 is 1.12 bits per heavy atom. The van der Waals surface area contributed by atoms with Crippen LogP contribution in [0.4, 0.5) is 0 Å². The van der Waals surface area contributed by atoms with E-state index >= 15 is 0 Å². The van der Waals surface area contributed by atoms with Crippen molar-refractivity contribution in [3.05, 3.63) is 54.5 Å². The van der Waals surface area contributed by atoms with Gasteiger partial charge >= 0.3 is 0 Å². The second-order valence-corrected chi connectivity index (χ2v) is 4.42. The van der Waals surface area contributed by atoms with Crippen molar-refractivity contribution < 1.29 is 0 Å². The molecule has 0 N–H and O–H groups in total. The lowest BCUT2D eigenvalue weighted by Crippen LogP contribution is -1.79. The minimum Gasteiger partial charge on any atom is -0.265 e. The molecule has 0 bridgehead atoms. The molecule has 84 valence electrons. The highest BCUT2D eigenvalue weighted by Gasteiger charge is 1.90. The summed E-state index contributed by atoms with van der Waals surface area (Å²) in [6.07, 6.45) is 5.40. The Morgan fingerprint density at radius 3 is 2.25 bits per heavy atom. The summed E-state index contributed by atoms with van der Waals surface area (Å²) < 4.78 is 0. The highest BCUT2D eigenvalue weighted by atomic mass is 32.2. The summed E-state index contributed by atoms with van der Waals surface area (Å²) in [5.74, 6) is 1.09. The van der Waals surface area contributed by atoms with Gasteiger partial charge in [-0.15, -0.1) is 11.8 Å². The van der Waals surface area contributed by atoms with Crippen molar-refractivity contribution in [1.29, 1.82) is 0 Å². The van der Waals surface area contributed by atoms with Gasteiger partial charge in [-0.3, -0.25) is 4.98 Å². The molecule has 0 unspecified atom stereocenters. The van der Waals surface area contributed by atoms with E-state index in [9.17, 15) is 0 Å². The van der Waals surface area contributed by atoms with Gasteiger partial charge < -0.3 is 0 Å². The second-order valence-electron chi connectivity index (χ2n) is 3.13. The molecule has 2 heterocycles. The van der Waals surface area contributed by atoms with Crippen LogP contribution in [-0.2, 0) is 0 Å². The van der Waals surface area contributed by atoms with E-state index in [1.165, 1.54) is 5.56 Å². The van der Waals surface area contributed by atoms with Crippen molar-refractivity contribution in [2.75, 3.05) is 5.75 Å². The third-order valence-electron chi connectivity index (χ3n) is 1.74. The summed E-state index contributed by atoms with van der Waals surface area (Å²) in [7, 11) is 0. The van der Waals surface area contributed by atoms with Gasteiger partial charge in [-0.1, -0.05) is 19.1 Å². The molecule has 3 heteroatoms. The number of pyridine rings is 2. The standard InChI is InChI=1S/C8H11NS.C5H5N/c1-3-10-8-5-4-7(2)6-9-8;1-2-4-6-5-3-1/h4-6H,3H2,1-2H3;1-5H. The third-order valence-corrected chi connectivity index (χ3v) is 2.57. The monoisotopic (exact) mass is 232 g/mol. The van der Waals surface area contributed by atoms with Gasteiger partial charge in [0.25, 0.3) is 0 Å². The number of aromatic nitrogens is 2. The van der Waals surface area contributed by atoms with Crippen molar-refractivity contribution in [3.63, 3.8) is 0 Å². The number of nitrogens with zero attached hydrogens (tertiary/aromatic N) is 2. The predicted molar refractivity (Wildman–Crippen MR) is 69.6 cm³/mol. The van der Waals surface area contributed by atoms with Crippen molar-refractivity contribution in [1.82, 2.24) is 9.97 Å². The van der Waals surface area contributed by atoms with Crippen LogP contribution >= 0.6 is 11.8 Å². The van der Waals surface area contributed by atoms with E-state index in [4.69, 9.17) is 0 Å². The van der Waals surface area contributed by atoms with Crippen LogP contribution in [0.25, 0.3) is 0 Å². The van der Waals surface area contributed by atoms with Gasteiger partial charge in [-0.05, 0) is 36.4 Å². The van der Waals surface area contributed by atoms with Crippen molar-refractivity contribution in [2.24, 2.45) is 0 Å². The topological polar surface area (TPSA) is 25.8 Å². The molecule has 0 fully saturated rings. The highest BCUT2D eigenvalue weighted by molar-refractivity contribution is 7.99. The first-order valence-electron chi connectivity index (χ1n) is 5.23. The van der Waals surface area contributed by atoms with E-state index in [1.807, 2.05) is 31.3 Å². The van der Waals surface area contributed by atoms with Gasteiger partial charge in [0.05, 0.1) is 5.03 Å². The molecule has 0 aliphatic carbocycles. The average Bonchev–Trinajstić information content (AvgIpc) is 2.35. The number of thioether (sulfide) groups is 1. The van der Waals surface area contributed by atoms with Crippen LogP contribution < -0.4 is 0 Å². The minimum atomic E-state index is 1.09. The highest BCUT2D eigenvalue weighted by Crippen LogP contribution is 2.13. The van der Waals surface area contributed by atoms with Crippen LogP contribution in [-0.4, -0.2) is 15.7 Å². The van der Waals surface area contributed by atoms with Crippen molar-refractivity contribution in [3.8, 4) is 0 Å². The molecule has 2 nitrogen and oxygen atoms in total. The zero-order valence-corrected chi connectivity index (χ0v) is 10.4. The minimum absolute atomic E-state index is 1.09. The molecular formula is C13H16N2S. The first kappa shape index (κ1) is 12.7. The summed E-state index contributed by atoms with van der Waals surface area (Å²) in [5, 5.41) is 1.12. The van der Waals surface area contributed by atoms with E-state index in [0.29, 0.717) is 0 Å². The first-order valence-corrected chi connectivity index (χ1v) is 6.22. The molecule has 0 atom stereocenters. The fourth-order valence-corrected chi connectivity index (χ4v) is 1.59. The predicted octanol–water partition coefficient (Wildman–Crippen LogP) is 3.58. The van der Waals surface area contributed by atoms with E-state index in [-0.39, 0.29) is 0 Å². The molecule has 2 aromatic rings. The fraction of sp³-hybridized carbons (Fsp3) is 0.231. The molecule has 0 amide bonds. The quantitative estimate of drug-likeness (QED) is 0.740. The van der Waals surface area contributed by atoms with Crippen LogP contribution in [0.5, 0.6) is 0 Å². The van der Waals surface area contributed by atoms with Crippen molar-refractivity contribution >= 4 is 11.8 Å². The molecule has 0 aliphatic heterocycles. The lowest BCUT2D eigenvalue weighted by Gasteiger charge is -1.95. The summed E-state index contributed by atoms with van der Waals surface area (Å²) in [5.41, 5.74) is 1.22. The van der Waals surface area contributed by atoms with Crippen LogP contribution in [0.2, 0.25) is 0 Å². The molecule has 0 spiro atoms. The van der Waals surface area contributed by atoms with E-state index in [2.05, 4.69) is 29.0 Å². The van der Waals surface area contributed by atoms with Gasteiger partial charge in [0.15, 0.2) is 0 Å². The Labute approximate surface area is 101 Å². The molecule has 16 heavy (non-hydrogen) atoms. The Hall–Kier alpha value is -1.35. The summed E-state index contributed by atoms with van der Waals surface area (Å²) in [6, 6.07) is 9.86. The third kappa shape index (κ3) is 5.51. The number of aryl methyl sites for hydroxylation is 1. The van der Waals surface area contributed by atoms with E-state index in [0.717, 1.165) is 10.8 Å². The Morgan fingerprint density at radius 2 is 1.88 bits per heavy atom. The molecule has 0 aromatic carbocycles. The van der Waals surface area contributed by atoms with Gasteiger partial charge in [0, 0.05) is 18.6 Å². The van der Waals surface area contributed by atoms with Gasteiger partial charge in [-0.2, -0.15) is 0 Å². The summed E-state index contributed by atoms with van der Waals surface area (Å²) in [4.78, 5) is 8.02. The Kier molecular flexibility index (Phi) is 6.26. The van der Waals surface area contributed by atoms with Gasteiger partial charge in [0.2, 0.25) is 0 Å². The molecule has 2 aromatic heterocycles. The summed E-state index contributed by atoms with van der Waals surface area (Å²) >= 11 is 1.77. The maximum Gasteiger partial charge on any atom is 0.0959 e. The number of hydrogen-bond acceptors (Lipinski definition) is 3. The van der Waals surface area contributed by atoms with Gasteiger partial charge in [0.1, 0.15) is 0 Å². The van der Waals surface area contributed by atoms with E-state index in [1.54, 1.807) is 24.2 Å². The molecule has 2 rings (SSSR count). The first-order chi connectivity index (χ1) is 7.83. The number of hydrogen-bond donors (Lipinski definition) is 0. The fourth-order valence-electron chi connectivity index (χ4n) is 1.00. The van der Waals surface area contributed by atoms with Crippen LogP contribution in [0.1, 0.15) is 12.5 Å². The zero-order valence-electron chi connectivity index (χ0n) is 9.63. The SMILES string of the molecule is CCSc1ccc(C)cn1.c1ccncc1. The smallest absolute Gasteiger partial charge is 0.0959 e. The van der Waals surface area contributed by atoms with E-state index < -0.39 is 0 Å². The van der Waals surface area contributed by atoms with Gasteiger partial charge in [-0.25, -0.2) is 4.98 Å². The molecule has 0 saturated heterocycles. The lowest BCUT2D eigenvalue weighted by molar-refractivity contribution is 1.11. The number of rotatable bonds is 2. The lowest BCUT2D eigenvalue weighted by atomic mass is 10.3. The van der Waals surface area contributed by atoms with Crippen LogP contribution in [0.15, 0.2) is 53.9 Å². The maximum absolute atomic E-state index is 4.23. The Balaban J connectivity index is 0.000000181. The van der Waals surface area contributed by atoms with Crippen molar-refractivity contribution in [2.45, 2.75) is 18.9 Å². The average molecular weight is 232 g/mol. The van der Waals surface area contributed by atoms with Crippen LogP contribution in [0, 0.1) is 6.92 Å². The molecule has 0 radical (unpaired) electrons. The maximum atomic E-state index is 4.23. The molecule has 0 aliphatic rings. The summed E-state index contributed by atoms with van der Waals surface area (Å²) in [6.45, 7) is 4.18. The molecular weight excluding hydrogens is 216 g/mol. The Bertz CT molecular complexity index is 346. The largest absolute Gasteiger partial charge is 0.265 e. The second kappa shape index (κ2) is 7.88. The molecule has 0 saturated carbocycles. The zero-order chi connectivity index (χ0) is 11.6. The normalized spacial score (nSPS) is 9.12. The van der Waals surface area contributed by atoms with Crippen LogP contribution in [0.3, 0.4) is 0 Å².